The van der Waals surface area contributed by atoms with Crippen LogP contribution < -0.4 is 5.46 Å². The number of aromatic nitrogens is 2. The summed E-state index contributed by atoms with van der Waals surface area (Å²) in [5.74, 6) is 0. The normalized spacial score (nSPS) is 19.6. The van der Waals surface area contributed by atoms with Gasteiger partial charge in [0, 0.05) is 23.2 Å². The van der Waals surface area contributed by atoms with E-state index in [9.17, 15) is 0 Å². The Morgan fingerprint density at radius 2 is 1.70 bits per heavy atom. The van der Waals surface area contributed by atoms with E-state index in [1.165, 1.54) is 0 Å². The Balaban J connectivity index is 1.80. The van der Waals surface area contributed by atoms with Gasteiger partial charge in [-0.05, 0) is 51.4 Å². The maximum Gasteiger partial charge on any atom is 0.494 e. The van der Waals surface area contributed by atoms with Crippen LogP contribution in [0.1, 0.15) is 27.7 Å². The molecule has 0 spiro atoms. The van der Waals surface area contributed by atoms with E-state index in [0.29, 0.717) is 0 Å². The molecule has 0 atom stereocenters. The van der Waals surface area contributed by atoms with E-state index in [1.54, 1.807) is 0 Å². The largest absolute Gasteiger partial charge is 0.494 e. The predicted molar refractivity (Wildman–Crippen MR) is 92.8 cm³/mol. The maximum absolute atomic E-state index is 6.12. The summed E-state index contributed by atoms with van der Waals surface area (Å²) >= 11 is 0. The van der Waals surface area contributed by atoms with Crippen LogP contribution in [0.5, 0.6) is 0 Å². The van der Waals surface area contributed by atoms with E-state index >= 15 is 0 Å². The molecule has 0 bridgehead atoms. The molecule has 116 valence electrons. The van der Waals surface area contributed by atoms with Gasteiger partial charge in [-0.2, -0.15) is 0 Å². The summed E-state index contributed by atoms with van der Waals surface area (Å²) in [7, 11) is -0.370. The summed E-state index contributed by atoms with van der Waals surface area (Å²) in [6.45, 7) is 8.24. The van der Waals surface area contributed by atoms with Crippen molar-refractivity contribution in [3.8, 4) is 0 Å². The lowest BCUT2D eigenvalue weighted by molar-refractivity contribution is 0.00578. The summed E-state index contributed by atoms with van der Waals surface area (Å²) < 4.78 is 12.2. The fourth-order valence-corrected chi connectivity index (χ4v) is 2.87. The molecule has 4 rings (SSSR count). The summed E-state index contributed by atoms with van der Waals surface area (Å²) in [5.41, 5.74) is 2.18. The Kier molecular flexibility index (Phi) is 3.02. The third kappa shape index (κ3) is 2.23. The van der Waals surface area contributed by atoms with Gasteiger partial charge in [-0.1, -0.05) is 12.1 Å². The van der Waals surface area contributed by atoms with Gasteiger partial charge in [0.15, 0.2) is 0 Å². The average molecular weight is 306 g/mol. The zero-order chi connectivity index (χ0) is 16.2. The first-order valence-electron chi connectivity index (χ1n) is 7.86. The Bertz CT molecular complexity index is 892. The molecule has 5 heteroatoms. The quantitative estimate of drug-likeness (QED) is 0.512. The van der Waals surface area contributed by atoms with Crippen molar-refractivity contribution < 1.29 is 9.31 Å². The summed E-state index contributed by atoms with van der Waals surface area (Å²) in [6.07, 6.45) is 3.67. The van der Waals surface area contributed by atoms with E-state index in [4.69, 9.17) is 9.31 Å². The van der Waals surface area contributed by atoms with Gasteiger partial charge in [-0.25, -0.2) is 0 Å². The monoisotopic (exact) mass is 306 g/mol. The third-order valence-corrected chi connectivity index (χ3v) is 4.98. The lowest BCUT2D eigenvalue weighted by Crippen LogP contribution is -2.41. The SMILES string of the molecule is CC1(C)OB(c2ccc3c(c2)ncc2cccnc23)OC1(C)C. The van der Waals surface area contributed by atoms with Gasteiger partial charge >= 0.3 is 7.12 Å². The van der Waals surface area contributed by atoms with Crippen LogP contribution in [0, 0.1) is 0 Å². The van der Waals surface area contributed by atoms with Crippen LogP contribution in [0.2, 0.25) is 0 Å². The highest BCUT2D eigenvalue weighted by atomic mass is 16.7. The average Bonchev–Trinajstić information content (AvgIpc) is 2.75. The first-order chi connectivity index (χ1) is 10.9. The van der Waals surface area contributed by atoms with E-state index in [-0.39, 0.29) is 18.3 Å². The van der Waals surface area contributed by atoms with Gasteiger partial charge in [0.1, 0.15) is 0 Å². The molecule has 0 aliphatic carbocycles. The molecule has 1 saturated heterocycles. The molecule has 0 unspecified atom stereocenters. The lowest BCUT2D eigenvalue weighted by atomic mass is 9.78. The first kappa shape index (κ1) is 14.6. The van der Waals surface area contributed by atoms with Crippen LogP contribution >= 0.6 is 0 Å². The minimum absolute atomic E-state index is 0.342. The van der Waals surface area contributed by atoms with Gasteiger partial charge in [0.2, 0.25) is 0 Å². The van der Waals surface area contributed by atoms with Crippen LogP contribution in [0.3, 0.4) is 0 Å². The van der Waals surface area contributed by atoms with Crippen molar-refractivity contribution in [3.63, 3.8) is 0 Å². The standard InChI is InChI=1S/C18H19BN2O2/c1-17(2)18(3,4)23-19(22-17)13-7-8-14-15(10-13)21-11-12-6-5-9-20-16(12)14/h5-11H,1-4H3. The van der Waals surface area contributed by atoms with Gasteiger partial charge in [-0.15, -0.1) is 0 Å². The Morgan fingerprint density at radius 1 is 0.957 bits per heavy atom. The van der Waals surface area contributed by atoms with Gasteiger partial charge < -0.3 is 9.31 Å². The fourth-order valence-electron chi connectivity index (χ4n) is 2.87. The molecule has 3 aromatic rings. The fraction of sp³-hybridized carbons (Fsp3) is 0.333. The molecule has 4 nitrogen and oxygen atoms in total. The minimum Gasteiger partial charge on any atom is -0.399 e. The van der Waals surface area contributed by atoms with E-state index < -0.39 is 0 Å². The van der Waals surface area contributed by atoms with Crippen molar-refractivity contribution in [1.29, 1.82) is 0 Å². The van der Waals surface area contributed by atoms with Gasteiger partial charge in [0.25, 0.3) is 0 Å². The van der Waals surface area contributed by atoms with Crippen molar-refractivity contribution in [3.05, 3.63) is 42.7 Å². The van der Waals surface area contributed by atoms with Crippen LogP contribution in [0.4, 0.5) is 0 Å². The number of hydrogen-bond acceptors (Lipinski definition) is 4. The Morgan fingerprint density at radius 3 is 2.43 bits per heavy atom. The second kappa shape index (κ2) is 4.76. The van der Waals surface area contributed by atoms with Crippen molar-refractivity contribution >= 4 is 34.4 Å². The second-order valence-electron chi connectivity index (χ2n) is 7.06. The van der Waals surface area contributed by atoms with Crippen LogP contribution in [0.15, 0.2) is 42.7 Å². The van der Waals surface area contributed by atoms with Crippen LogP contribution in [-0.2, 0) is 9.31 Å². The molecular weight excluding hydrogens is 287 g/mol. The predicted octanol–water partition coefficient (Wildman–Crippen LogP) is 3.08. The minimum atomic E-state index is -0.370. The molecule has 1 fully saturated rings. The molecule has 0 saturated carbocycles. The molecule has 1 aliphatic heterocycles. The smallest absolute Gasteiger partial charge is 0.399 e. The molecule has 0 N–H and O–H groups in total. The number of pyridine rings is 2. The summed E-state index contributed by atoms with van der Waals surface area (Å²) in [4.78, 5) is 9.04. The molecular formula is C18H19BN2O2. The van der Waals surface area contributed by atoms with E-state index in [2.05, 4.69) is 43.7 Å². The highest BCUT2D eigenvalue weighted by Crippen LogP contribution is 2.36. The highest BCUT2D eigenvalue weighted by Gasteiger charge is 2.51. The molecule has 1 aliphatic rings. The second-order valence-corrected chi connectivity index (χ2v) is 7.06. The Labute approximate surface area is 136 Å². The maximum atomic E-state index is 6.12. The molecule has 0 radical (unpaired) electrons. The van der Waals surface area contributed by atoms with E-state index in [0.717, 1.165) is 27.3 Å². The molecule has 2 aromatic heterocycles. The molecule has 0 amide bonds. The number of hydrogen-bond donors (Lipinski definition) is 0. The molecule has 3 heterocycles. The number of benzene rings is 1. The Hall–Kier alpha value is -1.98. The van der Waals surface area contributed by atoms with Crippen molar-refractivity contribution in [1.82, 2.24) is 9.97 Å². The van der Waals surface area contributed by atoms with Gasteiger partial charge in [0.05, 0.1) is 22.2 Å². The summed E-state index contributed by atoms with van der Waals surface area (Å²) in [6, 6.07) is 10.1. The van der Waals surface area contributed by atoms with E-state index in [1.807, 2.05) is 36.7 Å². The van der Waals surface area contributed by atoms with Crippen molar-refractivity contribution in [2.45, 2.75) is 38.9 Å². The topological polar surface area (TPSA) is 44.2 Å². The van der Waals surface area contributed by atoms with Crippen molar-refractivity contribution in [2.24, 2.45) is 0 Å². The number of rotatable bonds is 1. The van der Waals surface area contributed by atoms with Crippen LogP contribution in [-0.4, -0.2) is 28.3 Å². The van der Waals surface area contributed by atoms with Crippen LogP contribution in [0.25, 0.3) is 21.8 Å². The number of fused-ring (bicyclic) bond motifs is 3. The summed E-state index contributed by atoms with van der Waals surface area (Å²) in [5, 5.41) is 2.09. The lowest BCUT2D eigenvalue weighted by Gasteiger charge is -2.32. The zero-order valence-corrected chi connectivity index (χ0v) is 13.8. The third-order valence-electron chi connectivity index (χ3n) is 4.98. The number of nitrogens with zero attached hydrogens (tertiary/aromatic N) is 2. The molecule has 23 heavy (non-hydrogen) atoms. The first-order valence-corrected chi connectivity index (χ1v) is 7.86. The zero-order valence-electron chi connectivity index (χ0n) is 13.8. The highest BCUT2D eigenvalue weighted by molar-refractivity contribution is 6.62. The van der Waals surface area contributed by atoms with Crippen molar-refractivity contribution in [2.75, 3.05) is 0 Å². The molecule has 1 aromatic carbocycles. The van der Waals surface area contributed by atoms with Gasteiger partial charge in [-0.3, -0.25) is 9.97 Å².